The van der Waals surface area contributed by atoms with Crippen LogP contribution in [0.4, 0.5) is 5.69 Å². The van der Waals surface area contributed by atoms with Crippen LogP contribution in [0.3, 0.4) is 0 Å². The minimum Gasteiger partial charge on any atom is -0.399 e. The van der Waals surface area contributed by atoms with E-state index in [0.29, 0.717) is 6.42 Å². The van der Waals surface area contributed by atoms with Gasteiger partial charge in [0.1, 0.15) is 0 Å². The van der Waals surface area contributed by atoms with E-state index in [0.717, 1.165) is 11.3 Å². The number of hydrogen-bond acceptors (Lipinski definition) is 3. The van der Waals surface area contributed by atoms with Gasteiger partial charge in [-0.1, -0.05) is 19.1 Å². The first-order valence-corrected chi connectivity index (χ1v) is 6.12. The Hall–Kier alpha value is -1.55. The molecule has 0 heterocycles. The second kappa shape index (κ2) is 5.87. The standard InChI is InChI=1S/C14H22N2O2/c1-10(11-4-6-12(15)7-5-11)8-13(17)16-9-14(2,3)18/h4-7,10,18H,8-9,15H2,1-3H3,(H,16,17). The predicted octanol–water partition coefficient (Wildman–Crippen LogP) is 1.65. The summed E-state index contributed by atoms with van der Waals surface area (Å²) in [6.07, 6.45) is 0.403. The third-order valence-electron chi connectivity index (χ3n) is 2.72. The zero-order chi connectivity index (χ0) is 13.8. The Morgan fingerprint density at radius 1 is 1.39 bits per heavy atom. The topological polar surface area (TPSA) is 75.3 Å². The summed E-state index contributed by atoms with van der Waals surface area (Å²) >= 11 is 0. The molecular weight excluding hydrogens is 228 g/mol. The highest BCUT2D eigenvalue weighted by Gasteiger charge is 2.16. The first-order chi connectivity index (χ1) is 8.28. The van der Waals surface area contributed by atoms with Gasteiger partial charge in [0.2, 0.25) is 5.91 Å². The minimum absolute atomic E-state index is 0.0542. The molecule has 0 aliphatic heterocycles. The smallest absolute Gasteiger partial charge is 0.220 e. The Balaban J connectivity index is 2.47. The molecule has 0 saturated carbocycles. The number of nitrogens with two attached hydrogens (primary N) is 1. The average Bonchev–Trinajstić information content (AvgIpc) is 2.26. The van der Waals surface area contributed by atoms with Gasteiger partial charge >= 0.3 is 0 Å². The first kappa shape index (κ1) is 14.5. The third-order valence-corrected chi connectivity index (χ3v) is 2.72. The van der Waals surface area contributed by atoms with Crippen LogP contribution in [0.25, 0.3) is 0 Å². The minimum atomic E-state index is -0.875. The van der Waals surface area contributed by atoms with E-state index in [9.17, 15) is 9.90 Å². The van der Waals surface area contributed by atoms with Crippen molar-refractivity contribution in [1.29, 1.82) is 0 Å². The molecule has 0 saturated heterocycles. The molecule has 0 spiro atoms. The number of hydrogen-bond donors (Lipinski definition) is 3. The molecule has 0 aromatic heterocycles. The largest absolute Gasteiger partial charge is 0.399 e. The summed E-state index contributed by atoms with van der Waals surface area (Å²) in [5, 5.41) is 12.2. The summed E-state index contributed by atoms with van der Waals surface area (Å²) in [6, 6.07) is 7.54. The Kier molecular flexibility index (Phi) is 4.73. The summed E-state index contributed by atoms with van der Waals surface area (Å²) < 4.78 is 0. The lowest BCUT2D eigenvalue weighted by Gasteiger charge is -2.19. The van der Waals surface area contributed by atoms with E-state index in [2.05, 4.69) is 5.32 Å². The predicted molar refractivity (Wildman–Crippen MR) is 73.2 cm³/mol. The van der Waals surface area contributed by atoms with Crippen molar-refractivity contribution < 1.29 is 9.90 Å². The van der Waals surface area contributed by atoms with Gasteiger partial charge in [-0.15, -0.1) is 0 Å². The van der Waals surface area contributed by atoms with Gasteiger partial charge in [-0.25, -0.2) is 0 Å². The summed E-state index contributed by atoms with van der Waals surface area (Å²) in [5.41, 5.74) is 6.55. The third kappa shape index (κ3) is 5.19. The molecule has 100 valence electrons. The van der Waals surface area contributed by atoms with Crippen LogP contribution < -0.4 is 11.1 Å². The molecule has 1 amide bonds. The molecule has 1 aromatic carbocycles. The van der Waals surface area contributed by atoms with E-state index in [1.807, 2.05) is 31.2 Å². The van der Waals surface area contributed by atoms with E-state index in [-0.39, 0.29) is 18.4 Å². The summed E-state index contributed by atoms with van der Waals surface area (Å²) in [4.78, 5) is 11.7. The van der Waals surface area contributed by atoms with Crippen LogP contribution in [-0.4, -0.2) is 23.2 Å². The van der Waals surface area contributed by atoms with E-state index in [1.165, 1.54) is 0 Å². The highest BCUT2D eigenvalue weighted by atomic mass is 16.3. The monoisotopic (exact) mass is 250 g/mol. The number of benzene rings is 1. The van der Waals surface area contributed by atoms with Crippen LogP contribution in [0.2, 0.25) is 0 Å². The SMILES string of the molecule is CC(CC(=O)NCC(C)(C)O)c1ccc(N)cc1. The van der Waals surface area contributed by atoms with Crippen molar-refractivity contribution in [3.05, 3.63) is 29.8 Å². The number of anilines is 1. The van der Waals surface area contributed by atoms with Gasteiger partial charge in [-0.3, -0.25) is 4.79 Å². The first-order valence-electron chi connectivity index (χ1n) is 6.12. The Bertz CT molecular complexity index is 393. The molecule has 1 aromatic rings. The molecular formula is C14H22N2O2. The molecule has 4 N–H and O–H groups in total. The van der Waals surface area contributed by atoms with Crippen LogP contribution in [0, 0.1) is 0 Å². The van der Waals surface area contributed by atoms with Crippen molar-refractivity contribution in [3.8, 4) is 0 Å². The normalized spacial score (nSPS) is 13.1. The zero-order valence-corrected chi connectivity index (χ0v) is 11.2. The lowest BCUT2D eigenvalue weighted by molar-refractivity contribution is -0.122. The molecule has 4 nitrogen and oxygen atoms in total. The van der Waals surface area contributed by atoms with Gasteiger partial charge in [0.15, 0.2) is 0 Å². The molecule has 0 radical (unpaired) electrons. The molecule has 0 fully saturated rings. The van der Waals surface area contributed by atoms with E-state index in [4.69, 9.17) is 5.73 Å². The second-order valence-electron chi connectivity index (χ2n) is 5.36. The Labute approximate surface area is 108 Å². The Morgan fingerprint density at radius 2 is 1.94 bits per heavy atom. The van der Waals surface area contributed by atoms with Gasteiger partial charge in [0.05, 0.1) is 5.60 Å². The molecule has 0 aliphatic carbocycles. The fourth-order valence-electron chi connectivity index (χ4n) is 1.61. The molecule has 0 aliphatic rings. The van der Waals surface area contributed by atoms with Crippen LogP contribution in [0.15, 0.2) is 24.3 Å². The van der Waals surface area contributed by atoms with Crippen molar-refractivity contribution in [1.82, 2.24) is 5.32 Å². The van der Waals surface area contributed by atoms with E-state index < -0.39 is 5.60 Å². The van der Waals surface area contributed by atoms with Crippen molar-refractivity contribution in [2.75, 3.05) is 12.3 Å². The maximum Gasteiger partial charge on any atom is 0.220 e. The highest BCUT2D eigenvalue weighted by molar-refractivity contribution is 5.76. The molecule has 1 rings (SSSR count). The number of amides is 1. The highest BCUT2D eigenvalue weighted by Crippen LogP contribution is 2.19. The zero-order valence-electron chi connectivity index (χ0n) is 11.2. The number of aliphatic hydroxyl groups is 1. The molecule has 0 bridgehead atoms. The molecule has 18 heavy (non-hydrogen) atoms. The maximum atomic E-state index is 11.7. The van der Waals surface area contributed by atoms with Gasteiger partial charge < -0.3 is 16.2 Å². The van der Waals surface area contributed by atoms with Gasteiger partial charge in [0, 0.05) is 18.7 Å². The quantitative estimate of drug-likeness (QED) is 0.695. The van der Waals surface area contributed by atoms with Gasteiger partial charge in [0.25, 0.3) is 0 Å². The number of carbonyl (C=O) groups excluding carboxylic acids is 1. The van der Waals surface area contributed by atoms with Crippen molar-refractivity contribution in [2.24, 2.45) is 0 Å². The van der Waals surface area contributed by atoms with Crippen molar-refractivity contribution in [2.45, 2.75) is 38.7 Å². The van der Waals surface area contributed by atoms with Crippen LogP contribution in [0.1, 0.15) is 38.7 Å². The lowest BCUT2D eigenvalue weighted by atomic mass is 9.97. The number of nitrogens with one attached hydrogen (secondary N) is 1. The van der Waals surface area contributed by atoms with Gasteiger partial charge in [-0.2, -0.15) is 0 Å². The fourth-order valence-corrected chi connectivity index (χ4v) is 1.61. The number of nitrogen functional groups attached to an aromatic ring is 1. The summed E-state index contributed by atoms with van der Waals surface area (Å²) in [6.45, 7) is 5.59. The maximum absolute atomic E-state index is 11.7. The van der Waals surface area contributed by atoms with Crippen molar-refractivity contribution >= 4 is 11.6 Å². The van der Waals surface area contributed by atoms with E-state index in [1.54, 1.807) is 13.8 Å². The molecule has 1 unspecified atom stereocenters. The summed E-state index contributed by atoms with van der Waals surface area (Å²) in [5.74, 6) is 0.0776. The number of rotatable bonds is 5. The summed E-state index contributed by atoms with van der Waals surface area (Å²) in [7, 11) is 0. The van der Waals surface area contributed by atoms with E-state index >= 15 is 0 Å². The second-order valence-corrected chi connectivity index (χ2v) is 5.36. The Morgan fingerprint density at radius 3 is 2.44 bits per heavy atom. The van der Waals surface area contributed by atoms with Crippen LogP contribution >= 0.6 is 0 Å². The fraction of sp³-hybridized carbons (Fsp3) is 0.500. The average molecular weight is 250 g/mol. The van der Waals surface area contributed by atoms with Crippen LogP contribution in [-0.2, 0) is 4.79 Å². The molecule has 1 atom stereocenters. The van der Waals surface area contributed by atoms with Crippen LogP contribution in [0.5, 0.6) is 0 Å². The number of carbonyl (C=O) groups is 1. The van der Waals surface area contributed by atoms with Crippen molar-refractivity contribution in [3.63, 3.8) is 0 Å². The lowest BCUT2D eigenvalue weighted by Crippen LogP contribution is -2.38. The van der Waals surface area contributed by atoms with Gasteiger partial charge in [-0.05, 0) is 37.5 Å². The molecule has 4 heteroatoms.